The third-order valence-corrected chi connectivity index (χ3v) is 4.09. The first-order chi connectivity index (χ1) is 12.3. The lowest BCUT2D eigenvalue weighted by Crippen LogP contribution is -2.00. The molecule has 2 aromatic heterocycles. The van der Waals surface area contributed by atoms with Gasteiger partial charge in [-0.05, 0) is 23.8 Å². The van der Waals surface area contributed by atoms with Gasteiger partial charge in [-0.1, -0.05) is 36.4 Å². The summed E-state index contributed by atoms with van der Waals surface area (Å²) in [5, 5.41) is 1.05. The molecule has 0 amide bonds. The summed E-state index contributed by atoms with van der Waals surface area (Å²) < 4.78 is 8.19. The molecule has 5 nitrogen and oxygen atoms in total. The van der Waals surface area contributed by atoms with Gasteiger partial charge in [0, 0.05) is 30.7 Å². The summed E-state index contributed by atoms with van der Waals surface area (Å²) in [6.07, 6.45) is 3.55. The highest BCUT2D eigenvalue weighted by Gasteiger charge is 2.09. The first-order valence-electron chi connectivity index (χ1n) is 8.14. The molecule has 0 aliphatic rings. The van der Waals surface area contributed by atoms with Crippen LogP contribution in [0.5, 0.6) is 11.6 Å². The molecule has 0 aliphatic carbocycles. The average Bonchev–Trinajstić information content (AvgIpc) is 3.07. The van der Waals surface area contributed by atoms with Crippen LogP contribution in [0.15, 0.2) is 73.2 Å². The normalized spacial score (nSPS) is 10.9. The first-order valence-corrected chi connectivity index (χ1v) is 8.14. The van der Waals surface area contributed by atoms with Crippen LogP contribution >= 0.6 is 0 Å². The van der Waals surface area contributed by atoms with Crippen molar-refractivity contribution in [3.8, 4) is 11.6 Å². The van der Waals surface area contributed by atoms with Gasteiger partial charge < -0.3 is 15.0 Å². The number of benzene rings is 2. The molecule has 124 valence electrons. The molecule has 0 fully saturated rings. The zero-order valence-electron chi connectivity index (χ0n) is 13.7. The van der Waals surface area contributed by atoms with Gasteiger partial charge in [0.05, 0.1) is 11.2 Å². The number of ether oxygens (including phenoxy) is 1. The Hall–Kier alpha value is -3.18. The predicted octanol–water partition coefficient (Wildman–Crippen LogP) is 3.73. The third kappa shape index (κ3) is 3.22. The van der Waals surface area contributed by atoms with Gasteiger partial charge in [-0.3, -0.25) is 0 Å². The van der Waals surface area contributed by atoms with E-state index in [4.69, 9.17) is 10.5 Å². The van der Waals surface area contributed by atoms with Crippen molar-refractivity contribution in [3.05, 3.63) is 84.4 Å². The Morgan fingerprint density at radius 3 is 2.68 bits per heavy atom. The van der Waals surface area contributed by atoms with Crippen LogP contribution in [-0.2, 0) is 13.1 Å². The number of rotatable bonds is 5. The van der Waals surface area contributed by atoms with Crippen LogP contribution < -0.4 is 10.5 Å². The summed E-state index contributed by atoms with van der Waals surface area (Å²) in [4.78, 5) is 8.26. The van der Waals surface area contributed by atoms with Crippen LogP contribution in [0.1, 0.15) is 11.3 Å². The van der Waals surface area contributed by atoms with Crippen molar-refractivity contribution in [2.75, 3.05) is 0 Å². The smallest absolute Gasteiger partial charge is 0.222 e. The lowest BCUT2D eigenvalue weighted by Gasteiger charge is -2.09. The minimum absolute atomic E-state index is 0.358. The van der Waals surface area contributed by atoms with Gasteiger partial charge in [-0.2, -0.15) is 0 Å². The number of fused-ring (bicyclic) bond motifs is 1. The van der Waals surface area contributed by atoms with Gasteiger partial charge in [0.2, 0.25) is 5.88 Å². The van der Waals surface area contributed by atoms with Crippen molar-refractivity contribution in [2.24, 2.45) is 5.73 Å². The summed E-state index contributed by atoms with van der Waals surface area (Å²) in [5.74, 6) is 1.27. The number of hydrogen-bond acceptors (Lipinski definition) is 4. The molecule has 0 aliphatic heterocycles. The van der Waals surface area contributed by atoms with Crippen molar-refractivity contribution >= 4 is 10.9 Å². The van der Waals surface area contributed by atoms with Crippen LogP contribution in [0.25, 0.3) is 10.9 Å². The predicted molar refractivity (Wildman–Crippen MR) is 97.5 cm³/mol. The molecule has 4 aromatic rings. The maximum atomic E-state index is 5.98. The fraction of sp³-hybridized carbons (Fsp3) is 0.100. The molecule has 2 heterocycles. The van der Waals surface area contributed by atoms with Crippen LogP contribution in [0.2, 0.25) is 0 Å². The third-order valence-electron chi connectivity index (χ3n) is 4.09. The fourth-order valence-electron chi connectivity index (χ4n) is 2.86. The molecule has 0 bridgehead atoms. The summed E-state index contributed by atoms with van der Waals surface area (Å²) in [7, 11) is 0. The number of nitrogens with zero attached hydrogens (tertiary/aromatic N) is 3. The molecular formula is C20H18N4O. The lowest BCUT2D eigenvalue weighted by atomic mass is 10.2. The van der Waals surface area contributed by atoms with Crippen LogP contribution in [0.3, 0.4) is 0 Å². The molecule has 5 heteroatoms. The van der Waals surface area contributed by atoms with E-state index in [9.17, 15) is 0 Å². The van der Waals surface area contributed by atoms with Crippen molar-refractivity contribution in [1.82, 2.24) is 14.5 Å². The molecule has 25 heavy (non-hydrogen) atoms. The maximum absolute atomic E-state index is 5.98. The molecule has 0 saturated heterocycles. The van der Waals surface area contributed by atoms with E-state index in [0.29, 0.717) is 12.4 Å². The summed E-state index contributed by atoms with van der Waals surface area (Å²) in [6, 6.07) is 20.3. The van der Waals surface area contributed by atoms with Gasteiger partial charge in [-0.15, -0.1) is 0 Å². The van der Waals surface area contributed by atoms with Crippen molar-refractivity contribution in [1.29, 1.82) is 0 Å². The SMILES string of the molecule is NCc1cc(Oc2cccc3c2ccn3Cc2ccccc2)ncn1. The summed E-state index contributed by atoms with van der Waals surface area (Å²) >= 11 is 0. The highest BCUT2D eigenvalue weighted by Crippen LogP contribution is 2.30. The molecule has 2 aromatic carbocycles. The second kappa shape index (κ2) is 6.75. The molecule has 0 spiro atoms. The Labute approximate surface area is 145 Å². The Morgan fingerprint density at radius 2 is 1.84 bits per heavy atom. The molecule has 4 rings (SSSR count). The molecule has 0 saturated carbocycles. The molecular weight excluding hydrogens is 312 g/mol. The second-order valence-corrected chi connectivity index (χ2v) is 5.77. The van der Waals surface area contributed by atoms with E-state index in [1.807, 2.05) is 18.2 Å². The zero-order chi connectivity index (χ0) is 17.1. The topological polar surface area (TPSA) is 66.0 Å². The molecule has 0 atom stereocenters. The van der Waals surface area contributed by atoms with Crippen LogP contribution in [-0.4, -0.2) is 14.5 Å². The Morgan fingerprint density at radius 1 is 0.960 bits per heavy atom. The minimum Gasteiger partial charge on any atom is -0.438 e. The molecule has 2 N–H and O–H groups in total. The van der Waals surface area contributed by atoms with E-state index in [2.05, 4.69) is 57.1 Å². The zero-order valence-corrected chi connectivity index (χ0v) is 13.7. The summed E-state index contributed by atoms with van der Waals surface area (Å²) in [5.41, 5.74) is 8.76. The van der Waals surface area contributed by atoms with Gasteiger partial charge >= 0.3 is 0 Å². The van der Waals surface area contributed by atoms with Crippen molar-refractivity contribution < 1.29 is 4.74 Å². The number of nitrogens with two attached hydrogens (primary N) is 1. The van der Waals surface area contributed by atoms with E-state index in [0.717, 1.165) is 28.9 Å². The van der Waals surface area contributed by atoms with Crippen LogP contribution in [0.4, 0.5) is 0 Å². The number of aromatic nitrogens is 3. The van der Waals surface area contributed by atoms with Crippen LogP contribution in [0, 0.1) is 0 Å². The van der Waals surface area contributed by atoms with Gasteiger partial charge in [0.15, 0.2) is 0 Å². The largest absolute Gasteiger partial charge is 0.438 e. The number of hydrogen-bond donors (Lipinski definition) is 1. The van der Waals surface area contributed by atoms with Gasteiger partial charge in [0.1, 0.15) is 12.1 Å². The first kappa shape index (κ1) is 15.4. The standard InChI is InChI=1S/C20H18N4O/c21-12-16-11-20(23-14-22-16)25-19-8-4-7-18-17(19)9-10-24(18)13-15-5-2-1-3-6-15/h1-11,14H,12-13,21H2. The second-order valence-electron chi connectivity index (χ2n) is 5.77. The Bertz CT molecular complexity index is 995. The van der Waals surface area contributed by atoms with E-state index in [1.54, 1.807) is 6.07 Å². The van der Waals surface area contributed by atoms with Crippen molar-refractivity contribution in [3.63, 3.8) is 0 Å². The highest BCUT2D eigenvalue weighted by atomic mass is 16.5. The van der Waals surface area contributed by atoms with Gasteiger partial charge in [-0.25, -0.2) is 9.97 Å². The van der Waals surface area contributed by atoms with Gasteiger partial charge in [0.25, 0.3) is 0 Å². The molecule has 0 unspecified atom stereocenters. The summed E-state index contributed by atoms with van der Waals surface area (Å²) in [6.45, 7) is 1.18. The minimum atomic E-state index is 0.358. The Kier molecular flexibility index (Phi) is 4.14. The molecule has 0 radical (unpaired) electrons. The van der Waals surface area contributed by atoms with E-state index in [1.165, 1.54) is 11.9 Å². The van der Waals surface area contributed by atoms with E-state index < -0.39 is 0 Å². The van der Waals surface area contributed by atoms with Crippen molar-refractivity contribution in [2.45, 2.75) is 13.1 Å². The lowest BCUT2D eigenvalue weighted by molar-refractivity contribution is 0.465. The maximum Gasteiger partial charge on any atom is 0.222 e. The average molecular weight is 330 g/mol. The fourth-order valence-corrected chi connectivity index (χ4v) is 2.86. The quantitative estimate of drug-likeness (QED) is 0.605. The Balaban J connectivity index is 1.66. The monoisotopic (exact) mass is 330 g/mol. The van der Waals surface area contributed by atoms with E-state index in [-0.39, 0.29) is 0 Å². The van der Waals surface area contributed by atoms with E-state index >= 15 is 0 Å². The highest BCUT2D eigenvalue weighted by molar-refractivity contribution is 5.86.